The van der Waals surface area contributed by atoms with Gasteiger partial charge in [-0.05, 0) is 31.9 Å². The molecule has 0 radical (unpaired) electrons. The number of hydrogen-bond donors (Lipinski definition) is 2. The van der Waals surface area contributed by atoms with Crippen LogP contribution in [0.15, 0.2) is 30.6 Å². The van der Waals surface area contributed by atoms with E-state index >= 15 is 0 Å². The first-order valence-electron chi connectivity index (χ1n) is 8.51. The van der Waals surface area contributed by atoms with Crippen LogP contribution < -0.4 is 15.5 Å². The molecule has 1 atom stereocenters. The van der Waals surface area contributed by atoms with Gasteiger partial charge in [0, 0.05) is 18.0 Å². The first-order valence-corrected chi connectivity index (χ1v) is 8.51. The number of benzene rings is 1. The highest BCUT2D eigenvalue weighted by atomic mass is 16.4. The van der Waals surface area contributed by atoms with Crippen molar-refractivity contribution in [2.75, 3.05) is 22.1 Å². The minimum atomic E-state index is -1.04. The lowest BCUT2D eigenvalue weighted by Crippen LogP contribution is -2.52. The number of carboxylic acid groups (broad SMARTS) is 1. The van der Waals surface area contributed by atoms with E-state index in [1.54, 1.807) is 23.2 Å². The predicted molar refractivity (Wildman–Crippen MR) is 96.9 cm³/mol. The van der Waals surface area contributed by atoms with Gasteiger partial charge in [0.2, 0.25) is 5.91 Å². The highest BCUT2D eigenvalue weighted by molar-refractivity contribution is 6.04. The van der Waals surface area contributed by atoms with Gasteiger partial charge in [-0.3, -0.25) is 14.7 Å². The van der Waals surface area contributed by atoms with Gasteiger partial charge in [-0.2, -0.15) is 0 Å². The molecule has 1 aromatic carbocycles. The lowest BCUT2D eigenvalue weighted by atomic mass is 10.0. The average molecular weight is 353 g/mol. The van der Waals surface area contributed by atoms with Crippen LogP contribution in [0, 0.1) is 5.92 Å². The molecule has 0 unspecified atom stereocenters. The summed E-state index contributed by atoms with van der Waals surface area (Å²) in [5.74, 6) is 0.446. The van der Waals surface area contributed by atoms with Crippen LogP contribution in [0.25, 0.3) is 11.3 Å². The fraction of sp³-hybridized carbons (Fsp3) is 0.333. The lowest BCUT2D eigenvalue weighted by molar-refractivity contribution is -0.120. The van der Waals surface area contributed by atoms with Crippen molar-refractivity contribution in [3.63, 3.8) is 0 Å². The fourth-order valence-corrected chi connectivity index (χ4v) is 3.32. The van der Waals surface area contributed by atoms with Gasteiger partial charge < -0.3 is 15.7 Å². The number of nitrogens with two attached hydrogens (primary N) is 1. The van der Waals surface area contributed by atoms with Crippen LogP contribution in [0.2, 0.25) is 0 Å². The Morgan fingerprint density at radius 1 is 1.19 bits per heavy atom. The van der Waals surface area contributed by atoms with Crippen LogP contribution in [0.3, 0.4) is 0 Å². The van der Waals surface area contributed by atoms with E-state index in [0.29, 0.717) is 22.9 Å². The molecule has 134 valence electrons. The summed E-state index contributed by atoms with van der Waals surface area (Å²) in [6, 6.07) is 5.13. The van der Waals surface area contributed by atoms with Crippen LogP contribution in [0.4, 0.5) is 22.0 Å². The number of hydrogen-bond acceptors (Lipinski definition) is 5. The largest absolute Gasteiger partial charge is 0.465 e. The summed E-state index contributed by atoms with van der Waals surface area (Å²) in [6.45, 7) is 2.11. The molecular formula is C18H19N5O3. The van der Waals surface area contributed by atoms with Gasteiger partial charge in [0.05, 0.1) is 35.5 Å². The molecule has 1 aliphatic heterocycles. The predicted octanol–water partition coefficient (Wildman–Crippen LogP) is 2.36. The number of aromatic nitrogens is 2. The Labute approximate surface area is 150 Å². The molecule has 0 bridgehead atoms. The molecular weight excluding hydrogens is 334 g/mol. The second-order valence-corrected chi connectivity index (χ2v) is 6.75. The van der Waals surface area contributed by atoms with Gasteiger partial charge in [-0.1, -0.05) is 6.07 Å². The molecule has 8 nitrogen and oxygen atoms in total. The number of carbonyl (C=O) groups is 2. The molecule has 0 spiro atoms. The van der Waals surface area contributed by atoms with Crippen molar-refractivity contribution in [2.24, 2.45) is 5.92 Å². The van der Waals surface area contributed by atoms with Crippen molar-refractivity contribution in [2.45, 2.75) is 25.8 Å². The molecule has 1 fully saturated rings. The van der Waals surface area contributed by atoms with Crippen LogP contribution >= 0.6 is 0 Å². The maximum atomic E-state index is 12.7. The van der Waals surface area contributed by atoms with Crippen molar-refractivity contribution >= 4 is 29.2 Å². The first-order chi connectivity index (χ1) is 12.5. The zero-order valence-electron chi connectivity index (χ0n) is 14.3. The maximum absolute atomic E-state index is 12.7. The summed E-state index contributed by atoms with van der Waals surface area (Å²) < 4.78 is 0. The second kappa shape index (κ2) is 5.98. The minimum absolute atomic E-state index is 0.0596. The highest BCUT2D eigenvalue weighted by Crippen LogP contribution is 2.41. The van der Waals surface area contributed by atoms with Gasteiger partial charge in [0.1, 0.15) is 5.82 Å². The maximum Gasteiger partial charge on any atom is 0.411 e. The molecule has 8 heteroatoms. The van der Waals surface area contributed by atoms with E-state index in [9.17, 15) is 14.7 Å². The van der Waals surface area contributed by atoms with Gasteiger partial charge in [0.25, 0.3) is 0 Å². The number of fused-ring (bicyclic) bond motifs is 1. The number of rotatable bonds is 2. The quantitative estimate of drug-likeness (QED) is 0.857. The summed E-state index contributed by atoms with van der Waals surface area (Å²) >= 11 is 0. The Morgan fingerprint density at radius 3 is 2.58 bits per heavy atom. The van der Waals surface area contributed by atoms with E-state index in [0.717, 1.165) is 18.4 Å². The Bertz CT molecular complexity index is 879. The molecule has 2 aliphatic rings. The number of amides is 2. The standard InChI is InChI=1S/C18H19N5O3/c1-10-9-22(18(25)26)15-6-12(13-7-21-16(19)8-20-13)4-5-14(15)23(10)17(24)11-2-3-11/h4-8,10-11H,2-3,9H2,1H3,(H2,19,21)(H,25,26)/t10-/m0/s1. The fourth-order valence-electron chi connectivity index (χ4n) is 3.32. The molecule has 0 saturated heterocycles. The third-order valence-corrected chi connectivity index (χ3v) is 4.78. The Morgan fingerprint density at radius 2 is 1.96 bits per heavy atom. The second-order valence-electron chi connectivity index (χ2n) is 6.75. The molecule has 1 saturated carbocycles. The number of carbonyl (C=O) groups excluding carboxylic acids is 1. The Kier molecular flexibility index (Phi) is 3.75. The summed E-state index contributed by atoms with van der Waals surface area (Å²) in [5.41, 5.74) is 7.99. The summed E-state index contributed by atoms with van der Waals surface area (Å²) in [4.78, 5) is 35.8. The van der Waals surface area contributed by atoms with E-state index in [2.05, 4.69) is 9.97 Å². The van der Waals surface area contributed by atoms with Crippen molar-refractivity contribution < 1.29 is 14.7 Å². The molecule has 2 heterocycles. The van der Waals surface area contributed by atoms with Gasteiger partial charge in [0.15, 0.2) is 0 Å². The number of nitrogens with zero attached hydrogens (tertiary/aromatic N) is 4. The molecule has 2 amide bonds. The van der Waals surface area contributed by atoms with Crippen molar-refractivity contribution in [1.82, 2.24) is 9.97 Å². The van der Waals surface area contributed by atoms with Crippen LogP contribution in [0.1, 0.15) is 19.8 Å². The summed E-state index contributed by atoms with van der Waals surface area (Å²) in [6.07, 6.45) is 3.76. The topological polar surface area (TPSA) is 113 Å². The SMILES string of the molecule is C[C@H]1CN(C(=O)O)c2cc(-c3cnc(N)cn3)ccc2N1C(=O)C1CC1. The van der Waals surface area contributed by atoms with E-state index in [1.807, 2.05) is 13.0 Å². The smallest absolute Gasteiger partial charge is 0.411 e. The Hall–Kier alpha value is -3.16. The van der Waals surface area contributed by atoms with E-state index in [-0.39, 0.29) is 24.4 Å². The molecule has 2 aromatic rings. The lowest BCUT2D eigenvalue weighted by Gasteiger charge is -2.40. The molecule has 3 N–H and O–H groups in total. The average Bonchev–Trinajstić information content (AvgIpc) is 3.46. The van der Waals surface area contributed by atoms with Crippen molar-refractivity contribution in [3.8, 4) is 11.3 Å². The van der Waals surface area contributed by atoms with E-state index in [4.69, 9.17) is 5.73 Å². The van der Waals surface area contributed by atoms with E-state index in [1.165, 1.54) is 11.1 Å². The van der Waals surface area contributed by atoms with Gasteiger partial charge in [-0.25, -0.2) is 9.78 Å². The molecule has 1 aromatic heterocycles. The highest BCUT2D eigenvalue weighted by Gasteiger charge is 2.41. The molecule has 26 heavy (non-hydrogen) atoms. The first kappa shape index (κ1) is 16.3. The molecule has 1 aliphatic carbocycles. The number of nitrogen functional groups attached to an aromatic ring is 1. The Balaban J connectivity index is 1.80. The van der Waals surface area contributed by atoms with Crippen molar-refractivity contribution in [3.05, 3.63) is 30.6 Å². The summed E-state index contributed by atoms with van der Waals surface area (Å²) in [5, 5.41) is 9.63. The van der Waals surface area contributed by atoms with Crippen LogP contribution in [-0.4, -0.2) is 39.7 Å². The monoisotopic (exact) mass is 353 g/mol. The molecule has 4 rings (SSSR count). The zero-order valence-corrected chi connectivity index (χ0v) is 14.3. The third kappa shape index (κ3) is 2.73. The number of anilines is 3. The van der Waals surface area contributed by atoms with Crippen LogP contribution in [-0.2, 0) is 4.79 Å². The zero-order chi connectivity index (χ0) is 18.4. The van der Waals surface area contributed by atoms with Crippen LogP contribution in [0.5, 0.6) is 0 Å². The van der Waals surface area contributed by atoms with Gasteiger partial charge in [-0.15, -0.1) is 0 Å². The minimum Gasteiger partial charge on any atom is -0.465 e. The van der Waals surface area contributed by atoms with Gasteiger partial charge >= 0.3 is 6.09 Å². The van der Waals surface area contributed by atoms with Crippen molar-refractivity contribution in [1.29, 1.82) is 0 Å². The summed E-state index contributed by atoms with van der Waals surface area (Å²) in [7, 11) is 0. The van der Waals surface area contributed by atoms with E-state index < -0.39 is 6.09 Å². The third-order valence-electron chi connectivity index (χ3n) is 4.78. The normalized spacial score (nSPS) is 19.2.